The fraction of sp³-hybridized carbons (Fsp3) is 0.148. The highest BCUT2D eigenvalue weighted by Gasteiger charge is 2.20. The standard InChI is InChI=1S/C27H21FN8/c28-21-5-7-23(8-6-21)34-15-17-35(18-16-34)27-30-13-10-24(33-27)26-29-12-9-22(32-26)11-14-36-25-4-2-1-3-20(25)19-31-36/h1-10,12-13,19H,15-18H2. The Bertz CT molecular complexity index is 1580. The third-order valence-corrected chi connectivity index (χ3v) is 6.05. The summed E-state index contributed by atoms with van der Waals surface area (Å²) in [6.45, 7) is 3.10. The molecular formula is C27H21FN8. The summed E-state index contributed by atoms with van der Waals surface area (Å²) in [5, 5.41) is 5.37. The van der Waals surface area contributed by atoms with E-state index in [0.717, 1.165) is 42.8 Å². The topological polar surface area (TPSA) is 75.9 Å². The number of fused-ring (bicyclic) bond motifs is 1. The van der Waals surface area contributed by atoms with Crippen LogP contribution in [-0.4, -0.2) is 55.9 Å². The van der Waals surface area contributed by atoms with Crippen molar-refractivity contribution in [2.75, 3.05) is 36.0 Å². The van der Waals surface area contributed by atoms with E-state index in [1.165, 1.54) is 12.1 Å². The van der Waals surface area contributed by atoms with E-state index in [4.69, 9.17) is 4.98 Å². The molecule has 1 saturated heterocycles. The molecule has 2 aromatic carbocycles. The Morgan fingerprint density at radius 1 is 0.778 bits per heavy atom. The lowest BCUT2D eigenvalue weighted by Crippen LogP contribution is -2.47. The van der Waals surface area contributed by atoms with Gasteiger partial charge in [0.1, 0.15) is 17.2 Å². The highest BCUT2D eigenvalue weighted by atomic mass is 19.1. The number of hydrogen-bond donors (Lipinski definition) is 0. The van der Waals surface area contributed by atoms with Gasteiger partial charge in [-0.2, -0.15) is 9.78 Å². The molecule has 6 rings (SSSR count). The van der Waals surface area contributed by atoms with Crippen molar-refractivity contribution in [3.63, 3.8) is 0 Å². The van der Waals surface area contributed by atoms with Gasteiger partial charge in [-0.05, 0) is 48.4 Å². The molecule has 1 fully saturated rings. The Balaban J connectivity index is 1.18. The van der Waals surface area contributed by atoms with Crippen LogP contribution in [0, 0.1) is 17.8 Å². The second kappa shape index (κ2) is 9.43. The van der Waals surface area contributed by atoms with Gasteiger partial charge in [-0.25, -0.2) is 24.3 Å². The summed E-state index contributed by atoms with van der Waals surface area (Å²) in [4.78, 5) is 22.6. The molecule has 1 aliphatic rings. The van der Waals surface area contributed by atoms with Crippen molar-refractivity contribution >= 4 is 22.5 Å². The molecule has 4 heterocycles. The van der Waals surface area contributed by atoms with E-state index in [9.17, 15) is 4.39 Å². The predicted octanol–water partition coefficient (Wildman–Crippen LogP) is 3.61. The molecule has 0 atom stereocenters. The number of benzene rings is 2. The Labute approximate surface area is 207 Å². The van der Waals surface area contributed by atoms with E-state index in [0.29, 0.717) is 23.2 Å². The average Bonchev–Trinajstić information content (AvgIpc) is 3.36. The second-order valence-corrected chi connectivity index (χ2v) is 8.31. The number of nitrogens with zero attached hydrogens (tertiary/aromatic N) is 8. The Morgan fingerprint density at radius 3 is 2.42 bits per heavy atom. The average molecular weight is 477 g/mol. The zero-order chi connectivity index (χ0) is 24.3. The van der Waals surface area contributed by atoms with Gasteiger partial charge < -0.3 is 9.80 Å². The van der Waals surface area contributed by atoms with E-state index in [2.05, 4.69) is 41.8 Å². The van der Waals surface area contributed by atoms with Gasteiger partial charge in [0.2, 0.25) is 5.95 Å². The van der Waals surface area contributed by atoms with Gasteiger partial charge >= 0.3 is 0 Å². The smallest absolute Gasteiger partial charge is 0.226 e. The van der Waals surface area contributed by atoms with Crippen LogP contribution in [0.2, 0.25) is 0 Å². The summed E-state index contributed by atoms with van der Waals surface area (Å²) in [6.07, 6.45) is 5.19. The lowest BCUT2D eigenvalue weighted by Gasteiger charge is -2.36. The van der Waals surface area contributed by atoms with Crippen LogP contribution >= 0.6 is 0 Å². The monoisotopic (exact) mass is 476 g/mol. The maximum absolute atomic E-state index is 13.2. The Morgan fingerprint density at radius 2 is 1.56 bits per heavy atom. The van der Waals surface area contributed by atoms with Gasteiger partial charge in [0.25, 0.3) is 0 Å². The van der Waals surface area contributed by atoms with Crippen molar-refractivity contribution in [2.45, 2.75) is 0 Å². The largest absolute Gasteiger partial charge is 0.368 e. The zero-order valence-corrected chi connectivity index (χ0v) is 19.3. The van der Waals surface area contributed by atoms with Crippen molar-refractivity contribution < 1.29 is 4.39 Å². The van der Waals surface area contributed by atoms with Crippen molar-refractivity contribution in [3.05, 3.63) is 90.8 Å². The van der Waals surface area contributed by atoms with Crippen molar-refractivity contribution in [2.24, 2.45) is 0 Å². The van der Waals surface area contributed by atoms with E-state index in [1.807, 2.05) is 36.4 Å². The normalized spacial score (nSPS) is 13.5. The maximum Gasteiger partial charge on any atom is 0.226 e. The van der Waals surface area contributed by atoms with Crippen LogP contribution in [-0.2, 0) is 0 Å². The van der Waals surface area contributed by atoms with E-state index in [1.54, 1.807) is 35.4 Å². The summed E-state index contributed by atoms with van der Waals surface area (Å²) in [6, 6.07) is 21.1. The molecule has 0 spiro atoms. The second-order valence-electron chi connectivity index (χ2n) is 8.31. The molecule has 36 heavy (non-hydrogen) atoms. The van der Waals surface area contributed by atoms with Crippen LogP contribution in [0.25, 0.3) is 22.4 Å². The SMILES string of the molecule is Fc1ccc(N2CCN(c3nccc(-c4nccc(C#Cn5ncc6ccccc65)n4)n3)CC2)cc1. The number of para-hydroxylation sites is 1. The fourth-order valence-electron chi connectivity index (χ4n) is 4.16. The third-order valence-electron chi connectivity index (χ3n) is 6.05. The molecule has 0 bridgehead atoms. The summed E-state index contributed by atoms with van der Waals surface area (Å²) >= 11 is 0. The minimum atomic E-state index is -0.227. The Hall–Kier alpha value is -4.84. The number of hydrogen-bond acceptors (Lipinski definition) is 7. The predicted molar refractivity (Wildman–Crippen MR) is 136 cm³/mol. The number of rotatable bonds is 3. The molecule has 5 aromatic rings. The van der Waals surface area contributed by atoms with Crippen LogP contribution in [0.4, 0.5) is 16.0 Å². The molecule has 9 heteroatoms. The van der Waals surface area contributed by atoms with Crippen LogP contribution < -0.4 is 9.80 Å². The molecule has 0 radical (unpaired) electrons. The fourth-order valence-corrected chi connectivity index (χ4v) is 4.16. The minimum absolute atomic E-state index is 0.227. The van der Waals surface area contributed by atoms with E-state index < -0.39 is 0 Å². The van der Waals surface area contributed by atoms with E-state index >= 15 is 0 Å². The van der Waals surface area contributed by atoms with Gasteiger partial charge in [-0.1, -0.05) is 18.2 Å². The van der Waals surface area contributed by atoms with Crippen LogP contribution in [0.1, 0.15) is 5.69 Å². The Kier molecular flexibility index (Phi) is 5.68. The van der Waals surface area contributed by atoms with Crippen LogP contribution in [0.5, 0.6) is 0 Å². The van der Waals surface area contributed by atoms with Crippen molar-refractivity contribution in [3.8, 4) is 23.5 Å². The van der Waals surface area contributed by atoms with Gasteiger partial charge in [0.15, 0.2) is 5.82 Å². The van der Waals surface area contributed by atoms with Gasteiger partial charge in [-0.15, -0.1) is 0 Å². The number of anilines is 2. The summed E-state index contributed by atoms with van der Waals surface area (Å²) in [5.74, 6) is 3.96. The molecule has 0 saturated carbocycles. The summed E-state index contributed by atoms with van der Waals surface area (Å²) < 4.78 is 14.9. The molecule has 0 unspecified atom stereocenters. The first kappa shape index (κ1) is 21.7. The summed E-state index contributed by atoms with van der Waals surface area (Å²) in [7, 11) is 0. The molecule has 0 aliphatic carbocycles. The number of piperazine rings is 1. The van der Waals surface area contributed by atoms with Gasteiger partial charge in [-0.3, -0.25) is 0 Å². The highest BCUT2D eigenvalue weighted by molar-refractivity contribution is 5.79. The van der Waals surface area contributed by atoms with Gasteiger partial charge in [0, 0.05) is 55.7 Å². The summed E-state index contributed by atoms with van der Waals surface area (Å²) in [5.41, 5.74) is 3.17. The van der Waals surface area contributed by atoms with Crippen LogP contribution in [0.3, 0.4) is 0 Å². The molecule has 1 aliphatic heterocycles. The number of halogens is 1. The van der Waals surface area contributed by atoms with Crippen molar-refractivity contribution in [1.29, 1.82) is 0 Å². The first-order chi connectivity index (χ1) is 17.7. The molecular weight excluding hydrogens is 455 g/mol. The quantitative estimate of drug-likeness (QED) is 0.368. The first-order valence-electron chi connectivity index (χ1n) is 11.6. The molecule has 176 valence electrons. The van der Waals surface area contributed by atoms with Gasteiger partial charge in [0.05, 0.1) is 11.7 Å². The molecule has 3 aromatic heterocycles. The molecule has 8 nitrogen and oxygen atoms in total. The molecule has 0 amide bonds. The zero-order valence-electron chi connectivity index (χ0n) is 19.3. The first-order valence-corrected chi connectivity index (χ1v) is 11.6. The third kappa shape index (κ3) is 4.44. The number of aromatic nitrogens is 6. The van der Waals surface area contributed by atoms with Crippen LogP contribution in [0.15, 0.2) is 79.3 Å². The van der Waals surface area contributed by atoms with Crippen molar-refractivity contribution in [1.82, 2.24) is 29.7 Å². The lowest BCUT2D eigenvalue weighted by molar-refractivity contribution is 0.623. The minimum Gasteiger partial charge on any atom is -0.368 e. The maximum atomic E-state index is 13.2. The highest BCUT2D eigenvalue weighted by Crippen LogP contribution is 2.20. The van der Waals surface area contributed by atoms with E-state index in [-0.39, 0.29) is 5.82 Å². The lowest BCUT2D eigenvalue weighted by atomic mass is 10.2. The molecule has 0 N–H and O–H groups in total.